The van der Waals surface area contributed by atoms with Crippen LogP contribution in [0.25, 0.3) is 11.5 Å². The molecule has 1 N–H and O–H groups in total. The van der Waals surface area contributed by atoms with Crippen LogP contribution in [0.5, 0.6) is 0 Å². The Hall–Kier alpha value is -3.51. The molecule has 5 rings (SSSR count). The van der Waals surface area contributed by atoms with Crippen LogP contribution in [0.2, 0.25) is 0 Å². The maximum Gasteiger partial charge on any atom is 0.251 e. The van der Waals surface area contributed by atoms with Crippen LogP contribution >= 0.6 is 0 Å². The highest BCUT2D eigenvalue weighted by Gasteiger charge is 2.22. The Morgan fingerprint density at radius 2 is 1.76 bits per heavy atom. The largest absolute Gasteiger partial charge is 0.441 e. The Bertz CT molecular complexity index is 1330. The van der Waals surface area contributed by atoms with E-state index in [4.69, 9.17) is 4.42 Å². The fourth-order valence-electron chi connectivity index (χ4n) is 4.37. The number of aryl methyl sites for hydroxylation is 2. The molecule has 5 nitrogen and oxygen atoms in total. The zero-order valence-electron chi connectivity index (χ0n) is 19.0. The van der Waals surface area contributed by atoms with Gasteiger partial charge in [-0.3, -0.25) is 9.00 Å². The number of amides is 1. The Balaban J connectivity index is 1.28. The second-order valence-corrected chi connectivity index (χ2v) is 9.97. The predicted molar refractivity (Wildman–Crippen MR) is 133 cm³/mol. The summed E-state index contributed by atoms with van der Waals surface area (Å²) in [5.41, 5.74) is 4.59. The van der Waals surface area contributed by atoms with Crippen LogP contribution in [-0.4, -0.2) is 15.1 Å². The Morgan fingerprint density at radius 3 is 2.56 bits per heavy atom. The first kappa shape index (κ1) is 22.3. The normalized spacial score (nSPS) is 16.0. The molecule has 0 unspecified atom stereocenters. The van der Waals surface area contributed by atoms with Crippen molar-refractivity contribution in [1.82, 2.24) is 10.3 Å². The number of nitrogens with zero attached hydrogens (tertiary/aromatic N) is 1. The molecular formula is C28H26N2O3S. The van der Waals surface area contributed by atoms with Crippen LogP contribution in [0, 0.1) is 6.92 Å². The summed E-state index contributed by atoms with van der Waals surface area (Å²) < 4.78 is 18.5. The maximum absolute atomic E-state index is 12.9. The van der Waals surface area contributed by atoms with Crippen molar-refractivity contribution in [3.63, 3.8) is 0 Å². The summed E-state index contributed by atoms with van der Waals surface area (Å²) in [5.74, 6) is 1.32. The number of hydrogen-bond donors (Lipinski definition) is 1. The number of carbonyl (C=O) groups excluding carboxylic acids is 1. The first-order chi connectivity index (χ1) is 16.6. The Morgan fingerprint density at radius 1 is 1.03 bits per heavy atom. The van der Waals surface area contributed by atoms with Gasteiger partial charge in [0.05, 0.1) is 28.3 Å². The number of carbonyl (C=O) groups is 1. The number of hydrogen-bond acceptors (Lipinski definition) is 4. The lowest BCUT2D eigenvalue weighted by Gasteiger charge is -2.26. The van der Waals surface area contributed by atoms with Gasteiger partial charge in [-0.25, -0.2) is 4.98 Å². The van der Waals surface area contributed by atoms with Crippen molar-refractivity contribution < 1.29 is 13.4 Å². The van der Waals surface area contributed by atoms with Gasteiger partial charge in [-0.2, -0.15) is 0 Å². The van der Waals surface area contributed by atoms with E-state index in [9.17, 15) is 9.00 Å². The molecule has 34 heavy (non-hydrogen) atoms. The lowest BCUT2D eigenvalue weighted by atomic mass is 9.87. The van der Waals surface area contributed by atoms with E-state index in [1.54, 1.807) is 12.1 Å². The van der Waals surface area contributed by atoms with E-state index in [1.165, 1.54) is 11.1 Å². The highest BCUT2D eigenvalue weighted by Crippen LogP contribution is 2.30. The molecule has 0 saturated heterocycles. The minimum absolute atomic E-state index is 0.0413. The van der Waals surface area contributed by atoms with Gasteiger partial charge in [0, 0.05) is 16.0 Å². The van der Waals surface area contributed by atoms with Crippen molar-refractivity contribution >= 4 is 16.7 Å². The highest BCUT2D eigenvalue weighted by molar-refractivity contribution is 7.84. The van der Waals surface area contributed by atoms with Gasteiger partial charge in [-0.15, -0.1) is 0 Å². The fourth-order valence-corrected chi connectivity index (χ4v) is 5.52. The Kier molecular flexibility index (Phi) is 6.41. The van der Waals surface area contributed by atoms with Gasteiger partial charge < -0.3 is 9.73 Å². The molecular weight excluding hydrogens is 444 g/mol. The average molecular weight is 471 g/mol. The molecule has 1 aromatic heterocycles. The van der Waals surface area contributed by atoms with E-state index in [0.29, 0.717) is 28.7 Å². The van der Waals surface area contributed by atoms with Crippen LogP contribution in [-0.2, 0) is 23.0 Å². The van der Waals surface area contributed by atoms with Crippen molar-refractivity contribution in [3.8, 4) is 11.5 Å². The Labute approximate surface area is 201 Å². The second-order valence-electron chi connectivity index (χ2n) is 8.52. The summed E-state index contributed by atoms with van der Waals surface area (Å²) in [6, 6.07) is 25.0. The van der Waals surface area contributed by atoms with Crippen LogP contribution in [0.1, 0.15) is 51.8 Å². The zero-order chi connectivity index (χ0) is 23.5. The van der Waals surface area contributed by atoms with E-state index in [1.807, 2.05) is 55.5 Å². The van der Waals surface area contributed by atoms with Crippen molar-refractivity contribution in [2.75, 3.05) is 0 Å². The third-order valence-electron chi connectivity index (χ3n) is 6.24. The molecule has 1 amide bonds. The zero-order valence-corrected chi connectivity index (χ0v) is 19.8. The summed E-state index contributed by atoms with van der Waals surface area (Å²) in [6.45, 7) is 1.83. The van der Waals surface area contributed by atoms with E-state index in [2.05, 4.69) is 28.5 Å². The molecule has 0 bridgehead atoms. The minimum atomic E-state index is -1.19. The fraction of sp³-hybridized carbons (Fsp3) is 0.214. The monoisotopic (exact) mass is 470 g/mol. The molecule has 0 saturated carbocycles. The van der Waals surface area contributed by atoms with Gasteiger partial charge >= 0.3 is 0 Å². The summed E-state index contributed by atoms with van der Waals surface area (Å²) in [5, 5.41) is 3.19. The van der Waals surface area contributed by atoms with Gasteiger partial charge in [-0.05, 0) is 73.7 Å². The molecule has 1 heterocycles. The molecule has 3 aromatic carbocycles. The first-order valence-corrected chi connectivity index (χ1v) is 12.8. The number of fused-ring (bicyclic) bond motifs is 1. The van der Waals surface area contributed by atoms with Crippen LogP contribution in [0.3, 0.4) is 0 Å². The van der Waals surface area contributed by atoms with E-state index in [-0.39, 0.29) is 11.9 Å². The standard InChI is InChI=1S/C28H26N2O3S/c1-19-26(18-34(32)23-10-3-2-4-11-23)30-28(33-19)22-16-14-21(15-17-22)27(31)29-25-13-7-9-20-8-5-6-12-24(20)25/h2-6,8,10-12,14-17,25H,7,9,13,18H2,1H3,(H,29,31)/t25-,34+/m0/s1. The molecule has 0 fully saturated rings. The van der Waals surface area contributed by atoms with E-state index >= 15 is 0 Å². The molecule has 0 radical (unpaired) electrons. The average Bonchev–Trinajstić information content (AvgIpc) is 3.24. The lowest BCUT2D eigenvalue weighted by molar-refractivity contribution is 0.0932. The number of rotatable bonds is 6. The SMILES string of the molecule is Cc1oc(-c2ccc(C(=O)N[C@H]3CCCc4ccccc43)cc2)nc1C[S@@](=O)c1ccccc1. The minimum Gasteiger partial charge on any atom is -0.441 e. The van der Waals surface area contributed by atoms with Crippen molar-refractivity contribution in [2.45, 2.75) is 42.9 Å². The molecule has 2 atom stereocenters. The summed E-state index contributed by atoms with van der Waals surface area (Å²) in [7, 11) is -1.19. The number of nitrogens with one attached hydrogen (secondary N) is 1. The van der Waals surface area contributed by atoms with Gasteiger partial charge in [0.2, 0.25) is 5.89 Å². The maximum atomic E-state index is 12.9. The third-order valence-corrected chi connectivity index (χ3v) is 7.57. The van der Waals surface area contributed by atoms with Gasteiger partial charge in [0.25, 0.3) is 5.91 Å². The lowest BCUT2D eigenvalue weighted by Crippen LogP contribution is -2.30. The van der Waals surface area contributed by atoms with Crippen molar-refractivity contribution in [2.24, 2.45) is 0 Å². The van der Waals surface area contributed by atoms with Crippen LogP contribution in [0.15, 0.2) is 88.2 Å². The number of aromatic nitrogens is 1. The number of oxazole rings is 1. The van der Waals surface area contributed by atoms with Gasteiger partial charge in [0.1, 0.15) is 5.76 Å². The molecule has 4 aromatic rings. The molecule has 1 aliphatic rings. The highest BCUT2D eigenvalue weighted by atomic mass is 32.2. The second kappa shape index (κ2) is 9.77. The van der Waals surface area contributed by atoms with Crippen molar-refractivity contribution in [3.05, 3.63) is 107 Å². The van der Waals surface area contributed by atoms with E-state index in [0.717, 1.165) is 29.7 Å². The first-order valence-electron chi connectivity index (χ1n) is 11.5. The molecule has 6 heteroatoms. The quantitative estimate of drug-likeness (QED) is 0.389. The number of benzene rings is 3. The molecule has 0 spiro atoms. The van der Waals surface area contributed by atoms with E-state index < -0.39 is 10.8 Å². The summed E-state index contributed by atoms with van der Waals surface area (Å²) in [6.07, 6.45) is 3.08. The van der Waals surface area contributed by atoms with Crippen LogP contribution in [0.4, 0.5) is 0 Å². The molecule has 0 aliphatic heterocycles. The molecule has 1 aliphatic carbocycles. The topological polar surface area (TPSA) is 72.2 Å². The predicted octanol–water partition coefficient (Wildman–Crippen LogP) is 5.77. The van der Waals surface area contributed by atoms with Crippen LogP contribution < -0.4 is 5.32 Å². The summed E-state index contributed by atoms with van der Waals surface area (Å²) in [4.78, 5) is 18.2. The van der Waals surface area contributed by atoms with Gasteiger partial charge in [-0.1, -0.05) is 42.5 Å². The third kappa shape index (κ3) is 4.73. The smallest absolute Gasteiger partial charge is 0.251 e. The molecule has 172 valence electrons. The van der Waals surface area contributed by atoms with Gasteiger partial charge in [0.15, 0.2) is 0 Å². The summed E-state index contributed by atoms with van der Waals surface area (Å²) >= 11 is 0. The van der Waals surface area contributed by atoms with Crippen molar-refractivity contribution in [1.29, 1.82) is 0 Å².